The minimum absolute atomic E-state index is 0.190. The molecule has 3 rings (SSSR count). The molecule has 2 heterocycles. The molecule has 1 amide bonds. The minimum atomic E-state index is -0.284. The van der Waals surface area contributed by atoms with E-state index in [1.54, 1.807) is 31.5 Å². The van der Waals surface area contributed by atoms with E-state index in [1.165, 1.54) is 29.5 Å². The van der Waals surface area contributed by atoms with E-state index in [9.17, 15) is 9.18 Å². The smallest absolute Gasteiger partial charge is 0.243 e. The number of pyridine rings is 1. The molecular weight excluding hydrogens is 313 g/mol. The highest BCUT2D eigenvalue weighted by atomic mass is 32.1. The third kappa shape index (κ3) is 2.93. The maximum atomic E-state index is 13.1. The van der Waals surface area contributed by atoms with Gasteiger partial charge in [0.2, 0.25) is 5.91 Å². The number of nitrogens with one attached hydrogen (secondary N) is 1. The number of aromatic nitrogens is 1. The summed E-state index contributed by atoms with van der Waals surface area (Å²) >= 11 is 1.52. The van der Waals surface area contributed by atoms with Crippen molar-refractivity contribution in [2.24, 2.45) is 0 Å². The van der Waals surface area contributed by atoms with Crippen LogP contribution in [-0.2, 0) is 4.79 Å². The number of halogens is 1. The number of carbonyl (C=O) groups excluding carboxylic acids is 1. The van der Waals surface area contributed by atoms with Crippen molar-refractivity contribution in [1.82, 2.24) is 10.3 Å². The third-order valence-electron chi connectivity index (χ3n) is 3.47. The van der Waals surface area contributed by atoms with Crippen molar-refractivity contribution < 1.29 is 9.18 Å². The Kier molecular flexibility index (Phi) is 4.08. The number of nitrogens with zero attached hydrogens (tertiary/aromatic N) is 1. The van der Waals surface area contributed by atoms with Crippen molar-refractivity contribution in [3.63, 3.8) is 0 Å². The Labute approximate surface area is 136 Å². The third-order valence-corrected chi connectivity index (χ3v) is 4.50. The van der Waals surface area contributed by atoms with Crippen LogP contribution in [0.2, 0.25) is 0 Å². The topological polar surface area (TPSA) is 68.0 Å². The van der Waals surface area contributed by atoms with Crippen molar-refractivity contribution in [2.75, 3.05) is 12.8 Å². The first-order valence-corrected chi connectivity index (χ1v) is 7.79. The van der Waals surface area contributed by atoms with Crippen LogP contribution in [0.1, 0.15) is 5.56 Å². The van der Waals surface area contributed by atoms with Crippen molar-refractivity contribution in [2.45, 2.75) is 0 Å². The molecule has 3 aromatic rings. The van der Waals surface area contributed by atoms with Gasteiger partial charge in [-0.05, 0) is 29.2 Å². The second-order valence-corrected chi connectivity index (χ2v) is 5.79. The Bertz CT molecular complexity index is 900. The second-order valence-electron chi connectivity index (χ2n) is 4.91. The molecule has 2 aromatic heterocycles. The number of nitrogen functional groups attached to an aromatic ring is 1. The van der Waals surface area contributed by atoms with Crippen molar-refractivity contribution in [3.8, 4) is 11.1 Å². The largest absolute Gasteiger partial charge is 0.383 e. The van der Waals surface area contributed by atoms with E-state index in [2.05, 4.69) is 10.3 Å². The van der Waals surface area contributed by atoms with Crippen LogP contribution in [0.3, 0.4) is 0 Å². The SMILES string of the molecule is CNC(=O)/C=C/c1cnc(N)c2c(-c3ccc(F)cc3)csc12. The lowest BCUT2D eigenvalue weighted by Gasteiger charge is -2.04. The highest BCUT2D eigenvalue weighted by Crippen LogP contribution is 2.38. The first-order valence-electron chi connectivity index (χ1n) is 6.91. The van der Waals surface area contributed by atoms with Crippen LogP contribution < -0.4 is 11.1 Å². The fourth-order valence-corrected chi connectivity index (χ4v) is 3.38. The molecule has 116 valence electrons. The van der Waals surface area contributed by atoms with Gasteiger partial charge in [0.1, 0.15) is 11.6 Å². The van der Waals surface area contributed by atoms with Crippen LogP contribution in [0, 0.1) is 5.82 Å². The number of amides is 1. The number of fused-ring (bicyclic) bond motifs is 1. The Balaban J connectivity index is 2.14. The second kappa shape index (κ2) is 6.18. The first kappa shape index (κ1) is 15.2. The number of benzene rings is 1. The van der Waals surface area contributed by atoms with Crippen LogP contribution in [0.5, 0.6) is 0 Å². The summed E-state index contributed by atoms with van der Waals surface area (Å²) in [6.07, 6.45) is 4.80. The fourth-order valence-electron chi connectivity index (χ4n) is 2.30. The van der Waals surface area contributed by atoms with E-state index in [0.717, 1.165) is 26.8 Å². The minimum Gasteiger partial charge on any atom is -0.383 e. The van der Waals surface area contributed by atoms with E-state index < -0.39 is 0 Å². The molecule has 0 saturated carbocycles. The van der Waals surface area contributed by atoms with E-state index in [4.69, 9.17) is 5.73 Å². The molecule has 0 unspecified atom stereocenters. The summed E-state index contributed by atoms with van der Waals surface area (Å²) in [5, 5.41) is 5.31. The number of nitrogens with two attached hydrogens (primary N) is 1. The Hall–Kier alpha value is -2.73. The van der Waals surface area contributed by atoms with Crippen LogP contribution in [0.25, 0.3) is 27.3 Å². The van der Waals surface area contributed by atoms with Gasteiger partial charge in [-0.3, -0.25) is 4.79 Å². The molecule has 0 spiro atoms. The highest BCUT2D eigenvalue weighted by Gasteiger charge is 2.13. The van der Waals surface area contributed by atoms with Crippen LogP contribution in [-0.4, -0.2) is 17.9 Å². The molecule has 0 aliphatic rings. The summed E-state index contributed by atoms with van der Waals surface area (Å²) in [5.41, 5.74) is 8.63. The standard InChI is InChI=1S/C17H14FN3OS/c1-20-14(22)7-4-11-8-21-17(19)15-13(9-23-16(11)15)10-2-5-12(18)6-3-10/h2-9H,1H3,(H2,19,21)(H,20,22)/b7-4+. The van der Waals surface area contributed by atoms with E-state index in [-0.39, 0.29) is 11.7 Å². The Morgan fingerprint density at radius 1 is 1.35 bits per heavy atom. The molecule has 1 aromatic carbocycles. The van der Waals surface area contributed by atoms with Gasteiger partial charge in [0.15, 0.2) is 0 Å². The summed E-state index contributed by atoms with van der Waals surface area (Å²) in [4.78, 5) is 15.6. The van der Waals surface area contributed by atoms with Crippen molar-refractivity contribution in [3.05, 3.63) is 53.3 Å². The molecule has 0 atom stereocenters. The predicted octanol–water partition coefficient (Wildman–Crippen LogP) is 3.44. The van der Waals surface area contributed by atoms with Gasteiger partial charge in [0, 0.05) is 40.5 Å². The number of likely N-dealkylation sites (N-methyl/N-ethyl adjacent to an activating group) is 1. The molecule has 0 bridgehead atoms. The molecule has 0 aliphatic carbocycles. The monoisotopic (exact) mass is 327 g/mol. The van der Waals surface area contributed by atoms with Gasteiger partial charge < -0.3 is 11.1 Å². The number of thiophene rings is 1. The quantitative estimate of drug-likeness (QED) is 0.724. The molecule has 4 nitrogen and oxygen atoms in total. The summed E-state index contributed by atoms with van der Waals surface area (Å²) in [5.74, 6) is -0.0588. The number of hydrogen-bond donors (Lipinski definition) is 2. The number of hydrogen-bond acceptors (Lipinski definition) is 4. The molecule has 0 fully saturated rings. The van der Waals surface area contributed by atoms with Gasteiger partial charge in [-0.15, -0.1) is 11.3 Å². The van der Waals surface area contributed by atoms with Gasteiger partial charge in [-0.2, -0.15) is 0 Å². The molecule has 0 saturated heterocycles. The molecular formula is C17H14FN3OS. The summed E-state index contributed by atoms with van der Waals surface area (Å²) in [6.45, 7) is 0. The lowest BCUT2D eigenvalue weighted by atomic mass is 10.0. The van der Waals surface area contributed by atoms with E-state index in [1.807, 2.05) is 5.38 Å². The zero-order valence-electron chi connectivity index (χ0n) is 12.3. The maximum absolute atomic E-state index is 13.1. The lowest BCUT2D eigenvalue weighted by Crippen LogP contribution is -2.13. The van der Waals surface area contributed by atoms with Crippen LogP contribution in [0.4, 0.5) is 10.2 Å². The Morgan fingerprint density at radius 2 is 2.09 bits per heavy atom. The van der Waals surface area contributed by atoms with E-state index in [0.29, 0.717) is 5.82 Å². The van der Waals surface area contributed by atoms with Gasteiger partial charge >= 0.3 is 0 Å². The predicted molar refractivity (Wildman–Crippen MR) is 92.5 cm³/mol. The average Bonchev–Trinajstić information content (AvgIpc) is 3.00. The zero-order chi connectivity index (χ0) is 16.4. The van der Waals surface area contributed by atoms with Crippen LogP contribution >= 0.6 is 11.3 Å². The number of anilines is 1. The molecule has 0 radical (unpaired) electrons. The lowest BCUT2D eigenvalue weighted by molar-refractivity contribution is -0.115. The first-order chi connectivity index (χ1) is 11.1. The average molecular weight is 327 g/mol. The number of carbonyl (C=O) groups is 1. The van der Waals surface area contributed by atoms with Crippen molar-refractivity contribution in [1.29, 1.82) is 0 Å². The summed E-state index contributed by atoms with van der Waals surface area (Å²) in [6, 6.07) is 6.25. The molecule has 6 heteroatoms. The molecule has 0 aliphatic heterocycles. The van der Waals surface area contributed by atoms with Gasteiger partial charge in [-0.25, -0.2) is 9.37 Å². The fraction of sp³-hybridized carbons (Fsp3) is 0.0588. The van der Waals surface area contributed by atoms with Gasteiger partial charge in [0.25, 0.3) is 0 Å². The van der Waals surface area contributed by atoms with E-state index >= 15 is 0 Å². The maximum Gasteiger partial charge on any atom is 0.243 e. The normalized spacial score (nSPS) is 11.2. The zero-order valence-corrected chi connectivity index (χ0v) is 13.2. The number of rotatable bonds is 3. The Morgan fingerprint density at radius 3 is 2.78 bits per heavy atom. The summed E-state index contributed by atoms with van der Waals surface area (Å²) in [7, 11) is 1.57. The van der Waals surface area contributed by atoms with Crippen molar-refractivity contribution >= 4 is 39.2 Å². The van der Waals surface area contributed by atoms with Gasteiger partial charge in [-0.1, -0.05) is 12.1 Å². The van der Waals surface area contributed by atoms with Crippen LogP contribution in [0.15, 0.2) is 41.9 Å². The summed E-state index contributed by atoms with van der Waals surface area (Å²) < 4.78 is 14.1. The molecule has 23 heavy (non-hydrogen) atoms. The van der Waals surface area contributed by atoms with Gasteiger partial charge in [0.05, 0.1) is 0 Å². The highest BCUT2D eigenvalue weighted by molar-refractivity contribution is 7.18. The molecule has 3 N–H and O–H groups in total.